The van der Waals surface area contributed by atoms with Crippen molar-refractivity contribution in [1.82, 2.24) is 4.90 Å². The topological polar surface area (TPSA) is 15.6 Å². The molecule has 1 fully saturated rings. The van der Waals surface area contributed by atoms with Crippen LogP contribution < -0.4 is 0 Å². The summed E-state index contributed by atoms with van der Waals surface area (Å²) in [6.45, 7) is 6.75. The number of amidine groups is 1. The second kappa shape index (κ2) is 6.30. The lowest BCUT2D eigenvalue weighted by atomic mass is 10.1. The summed E-state index contributed by atoms with van der Waals surface area (Å²) in [5.41, 5.74) is 0. The summed E-state index contributed by atoms with van der Waals surface area (Å²) in [6.07, 6.45) is 5.28. The first-order chi connectivity index (χ1) is 6.34. The predicted molar refractivity (Wildman–Crippen MR) is 61.3 cm³/mol. The van der Waals surface area contributed by atoms with Gasteiger partial charge in [-0.05, 0) is 44.6 Å². The van der Waals surface area contributed by atoms with Crippen LogP contribution in [0.1, 0.15) is 39.5 Å². The standard InChI is InChI=1S/C10H20N2S/c1-3-9-13-11-10(2)12-7-5-4-6-8-12/h3-9H2,1-2H3. The van der Waals surface area contributed by atoms with E-state index in [1.807, 2.05) is 0 Å². The van der Waals surface area contributed by atoms with E-state index >= 15 is 0 Å². The Morgan fingerprint density at radius 1 is 1.31 bits per heavy atom. The van der Waals surface area contributed by atoms with Crippen LogP contribution in [0.4, 0.5) is 0 Å². The zero-order valence-corrected chi connectivity index (χ0v) is 9.57. The largest absolute Gasteiger partial charge is 0.360 e. The first-order valence-electron chi connectivity index (χ1n) is 5.26. The lowest BCUT2D eigenvalue weighted by molar-refractivity contribution is 0.341. The van der Waals surface area contributed by atoms with E-state index in [0.29, 0.717) is 0 Å². The Kier molecular flexibility index (Phi) is 5.28. The molecule has 13 heavy (non-hydrogen) atoms. The van der Waals surface area contributed by atoms with Gasteiger partial charge in [0.05, 0.1) is 0 Å². The molecule has 0 unspecified atom stereocenters. The van der Waals surface area contributed by atoms with Crippen molar-refractivity contribution < 1.29 is 0 Å². The Bertz CT molecular complexity index is 162. The highest BCUT2D eigenvalue weighted by Crippen LogP contribution is 2.12. The van der Waals surface area contributed by atoms with E-state index in [2.05, 4.69) is 23.1 Å². The van der Waals surface area contributed by atoms with Crippen LogP contribution in [-0.2, 0) is 0 Å². The van der Waals surface area contributed by atoms with E-state index in [4.69, 9.17) is 0 Å². The molecule has 1 aliphatic rings. The molecule has 0 spiro atoms. The molecule has 0 aromatic carbocycles. The van der Waals surface area contributed by atoms with Gasteiger partial charge in [0, 0.05) is 18.8 Å². The van der Waals surface area contributed by atoms with Crippen molar-refractivity contribution in [3.8, 4) is 0 Å². The van der Waals surface area contributed by atoms with Crippen molar-refractivity contribution in [2.75, 3.05) is 18.8 Å². The molecule has 76 valence electrons. The highest BCUT2D eigenvalue weighted by molar-refractivity contribution is 7.98. The smallest absolute Gasteiger partial charge is 0.109 e. The molecule has 2 nitrogen and oxygen atoms in total. The summed E-state index contributed by atoms with van der Waals surface area (Å²) in [7, 11) is 0. The number of rotatable bonds is 3. The molecule has 1 saturated heterocycles. The van der Waals surface area contributed by atoms with Gasteiger partial charge in [-0.25, -0.2) is 4.40 Å². The molecule has 1 rings (SSSR count). The van der Waals surface area contributed by atoms with Gasteiger partial charge < -0.3 is 4.90 Å². The monoisotopic (exact) mass is 200 g/mol. The second-order valence-corrected chi connectivity index (χ2v) is 4.37. The molecule has 0 saturated carbocycles. The van der Waals surface area contributed by atoms with Crippen LogP contribution >= 0.6 is 11.9 Å². The predicted octanol–water partition coefficient (Wildman–Crippen LogP) is 2.95. The quantitative estimate of drug-likeness (QED) is 0.301. The number of likely N-dealkylation sites (tertiary alicyclic amines) is 1. The molecular weight excluding hydrogens is 180 g/mol. The zero-order valence-electron chi connectivity index (χ0n) is 8.75. The molecule has 0 bridgehead atoms. The number of hydrogen-bond donors (Lipinski definition) is 0. The van der Waals surface area contributed by atoms with E-state index in [1.54, 1.807) is 11.9 Å². The van der Waals surface area contributed by atoms with Crippen LogP contribution in [0.2, 0.25) is 0 Å². The Balaban J connectivity index is 2.27. The van der Waals surface area contributed by atoms with Crippen LogP contribution in [0, 0.1) is 0 Å². The fraction of sp³-hybridized carbons (Fsp3) is 0.900. The fourth-order valence-electron chi connectivity index (χ4n) is 1.51. The summed E-state index contributed by atoms with van der Waals surface area (Å²) >= 11 is 1.70. The summed E-state index contributed by atoms with van der Waals surface area (Å²) in [5.74, 6) is 2.36. The van der Waals surface area contributed by atoms with Crippen molar-refractivity contribution >= 4 is 17.8 Å². The maximum Gasteiger partial charge on any atom is 0.109 e. The maximum absolute atomic E-state index is 4.50. The molecular formula is C10H20N2S. The molecule has 0 radical (unpaired) electrons. The molecule has 0 aliphatic carbocycles. The van der Waals surface area contributed by atoms with Crippen molar-refractivity contribution in [2.45, 2.75) is 39.5 Å². The van der Waals surface area contributed by atoms with Crippen molar-refractivity contribution in [2.24, 2.45) is 4.40 Å². The van der Waals surface area contributed by atoms with Gasteiger partial charge >= 0.3 is 0 Å². The number of hydrogen-bond acceptors (Lipinski definition) is 2. The van der Waals surface area contributed by atoms with Crippen LogP contribution in [0.5, 0.6) is 0 Å². The highest BCUT2D eigenvalue weighted by Gasteiger charge is 2.10. The lowest BCUT2D eigenvalue weighted by Crippen LogP contribution is -2.33. The van der Waals surface area contributed by atoms with Crippen LogP contribution in [0.3, 0.4) is 0 Å². The maximum atomic E-state index is 4.50. The van der Waals surface area contributed by atoms with Gasteiger partial charge in [-0.3, -0.25) is 0 Å². The van der Waals surface area contributed by atoms with Gasteiger partial charge in [0.2, 0.25) is 0 Å². The molecule has 0 amide bonds. The molecule has 1 aliphatic heterocycles. The first kappa shape index (κ1) is 10.9. The number of nitrogens with zero attached hydrogens (tertiary/aromatic N) is 2. The molecule has 0 aromatic heterocycles. The normalized spacial score (nSPS) is 19.2. The second-order valence-electron chi connectivity index (χ2n) is 3.52. The number of piperidine rings is 1. The Morgan fingerprint density at radius 2 is 2.00 bits per heavy atom. The van der Waals surface area contributed by atoms with Gasteiger partial charge in [0.1, 0.15) is 5.84 Å². The van der Waals surface area contributed by atoms with Gasteiger partial charge in [0.25, 0.3) is 0 Å². The van der Waals surface area contributed by atoms with E-state index in [-0.39, 0.29) is 0 Å². The van der Waals surface area contributed by atoms with E-state index in [9.17, 15) is 0 Å². The Morgan fingerprint density at radius 3 is 2.62 bits per heavy atom. The summed E-state index contributed by atoms with van der Waals surface area (Å²) < 4.78 is 4.50. The van der Waals surface area contributed by atoms with Gasteiger partial charge in [0.15, 0.2) is 0 Å². The lowest BCUT2D eigenvalue weighted by Gasteiger charge is -2.27. The van der Waals surface area contributed by atoms with Crippen molar-refractivity contribution in [3.05, 3.63) is 0 Å². The third-order valence-electron chi connectivity index (χ3n) is 2.31. The van der Waals surface area contributed by atoms with Gasteiger partial charge in [-0.15, -0.1) is 0 Å². The third-order valence-corrected chi connectivity index (χ3v) is 3.29. The van der Waals surface area contributed by atoms with Crippen molar-refractivity contribution in [3.63, 3.8) is 0 Å². The molecule has 0 atom stereocenters. The fourth-order valence-corrected chi connectivity index (χ4v) is 2.08. The van der Waals surface area contributed by atoms with Crippen molar-refractivity contribution in [1.29, 1.82) is 0 Å². The van der Waals surface area contributed by atoms with Gasteiger partial charge in [-0.1, -0.05) is 6.92 Å². The SMILES string of the molecule is CCCSN=C(C)N1CCCCC1. The Hall–Kier alpha value is -0.180. The minimum atomic E-state index is 1.14. The molecule has 1 heterocycles. The Labute approximate surface area is 85.9 Å². The first-order valence-corrected chi connectivity index (χ1v) is 6.20. The molecule has 3 heteroatoms. The minimum Gasteiger partial charge on any atom is -0.360 e. The van der Waals surface area contributed by atoms with Gasteiger partial charge in [-0.2, -0.15) is 0 Å². The summed E-state index contributed by atoms with van der Waals surface area (Å²) in [6, 6.07) is 0. The zero-order chi connectivity index (χ0) is 9.52. The third kappa shape index (κ3) is 4.03. The summed E-state index contributed by atoms with van der Waals surface area (Å²) in [5, 5.41) is 0. The van der Waals surface area contributed by atoms with Crippen LogP contribution in [0.25, 0.3) is 0 Å². The minimum absolute atomic E-state index is 1.14. The van der Waals surface area contributed by atoms with Crippen LogP contribution in [0.15, 0.2) is 4.40 Å². The average Bonchev–Trinajstić information content (AvgIpc) is 2.19. The van der Waals surface area contributed by atoms with E-state index < -0.39 is 0 Å². The molecule has 0 aromatic rings. The van der Waals surface area contributed by atoms with E-state index in [0.717, 1.165) is 5.75 Å². The highest BCUT2D eigenvalue weighted by atomic mass is 32.2. The average molecular weight is 200 g/mol. The van der Waals surface area contributed by atoms with Crippen LogP contribution in [-0.4, -0.2) is 29.6 Å². The van der Waals surface area contributed by atoms with E-state index in [1.165, 1.54) is 44.6 Å². The summed E-state index contributed by atoms with van der Waals surface area (Å²) in [4.78, 5) is 2.41. The molecule has 0 N–H and O–H groups in total.